The topological polar surface area (TPSA) is 135 Å². The number of nitrogens with one attached hydrogen (secondary N) is 2. The van der Waals surface area contributed by atoms with Gasteiger partial charge in [0.1, 0.15) is 5.75 Å². The Kier molecular flexibility index (Phi) is 7.06. The lowest BCUT2D eigenvalue weighted by atomic mass is 10.1. The molecular weight excluding hydrogens is 466 g/mol. The highest BCUT2D eigenvalue weighted by Crippen LogP contribution is 2.35. The second-order valence-corrected chi connectivity index (χ2v) is 10.4. The summed E-state index contributed by atoms with van der Waals surface area (Å²) in [7, 11) is -5.56. The number of nitrogens with zero attached hydrogens (tertiary/aromatic N) is 1. The van der Waals surface area contributed by atoms with Gasteiger partial charge in [-0.2, -0.15) is 8.42 Å². The van der Waals surface area contributed by atoms with E-state index in [1.807, 2.05) is 48.5 Å². The van der Waals surface area contributed by atoms with Crippen molar-refractivity contribution >= 4 is 59.0 Å². The highest BCUT2D eigenvalue weighted by molar-refractivity contribution is 7.92. The van der Waals surface area contributed by atoms with Gasteiger partial charge in [0.05, 0.1) is 42.0 Å². The second kappa shape index (κ2) is 9.61. The van der Waals surface area contributed by atoms with Crippen molar-refractivity contribution in [2.45, 2.75) is 0 Å². The molecule has 4 aromatic rings. The third-order valence-electron chi connectivity index (χ3n) is 4.35. The summed E-state index contributed by atoms with van der Waals surface area (Å²) in [5.41, 5.74) is 3.89. The van der Waals surface area contributed by atoms with E-state index >= 15 is 0 Å². The summed E-state index contributed by atoms with van der Waals surface area (Å²) < 4.78 is 56.8. The number of anilines is 3. The van der Waals surface area contributed by atoms with Crippen LogP contribution < -0.4 is 14.8 Å². The summed E-state index contributed by atoms with van der Waals surface area (Å²) >= 11 is 0. The first kappa shape index (κ1) is 24.2. The molecule has 0 bridgehead atoms. The molecule has 1 heterocycles. The van der Waals surface area contributed by atoms with Gasteiger partial charge < -0.3 is 10.1 Å². The fourth-order valence-corrected chi connectivity index (χ4v) is 3.74. The second-order valence-electron chi connectivity index (χ2n) is 7.17. The first-order chi connectivity index (χ1) is 15.4. The molecule has 33 heavy (non-hydrogen) atoms. The van der Waals surface area contributed by atoms with Gasteiger partial charge in [0.15, 0.2) is 0 Å². The molecule has 0 atom stereocenters. The number of hydrogen-bond acceptors (Lipinski definition) is 7. The quantitative estimate of drug-likeness (QED) is 0.283. The van der Waals surface area contributed by atoms with E-state index in [-0.39, 0.29) is 0 Å². The minimum Gasteiger partial charge on any atom is -0.494 e. The van der Waals surface area contributed by atoms with Crippen molar-refractivity contribution < 1.29 is 26.1 Å². The van der Waals surface area contributed by atoms with Crippen LogP contribution in [0.2, 0.25) is 0 Å². The molecule has 4 rings (SSSR count). The zero-order valence-electron chi connectivity index (χ0n) is 18.1. The summed E-state index contributed by atoms with van der Waals surface area (Å²) in [5.74, 6) is 0.429. The van der Waals surface area contributed by atoms with Crippen LogP contribution >= 0.6 is 0 Å². The minimum absolute atomic E-state index is 0.389. The van der Waals surface area contributed by atoms with E-state index in [2.05, 4.69) is 10.0 Å². The fraction of sp³-hybridized carbons (Fsp3) is 0.136. The summed E-state index contributed by atoms with van der Waals surface area (Å²) in [4.78, 5) is 4.73. The molecule has 0 unspecified atom stereocenters. The SMILES string of the molecule is COc1cc(Nc2c3ccccc3nc3ccccc23)ccc1NS(C)(=O)=O.CS(=O)(=O)O. The van der Waals surface area contributed by atoms with Crippen molar-refractivity contribution in [2.75, 3.05) is 29.7 Å². The third kappa shape index (κ3) is 6.78. The van der Waals surface area contributed by atoms with Crippen LogP contribution in [0.15, 0.2) is 66.7 Å². The largest absolute Gasteiger partial charge is 0.494 e. The number of fused-ring (bicyclic) bond motifs is 2. The van der Waals surface area contributed by atoms with Crippen LogP contribution in [-0.4, -0.2) is 46.0 Å². The predicted molar refractivity (Wildman–Crippen MR) is 131 cm³/mol. The molecule has 3 aromatic carbocycles. The molecule has 0 saturated carbocycles. The zero-order chi connectivity index (χ0) is 24.2. The number of ether oxygens (including phenoxy) is 1. The molecule has 0 aliphatic heterocycles. The number of hydrogen-bond donors (Lipinski definition) is 3. The lowest BCUT2D eigenvalue weighted by Gasteiger charge is -2.15. The van der Waals surface area contributed by atoms with Crippen LogP contribution in [0, 0.1) is 0 Å². The Bertz CT molecular complexity index is 1460. The molecule has 0 spiro atoms. The van der Waals surface area contributed by atoms with Crippen molar-refractivity contribution in [3.05, 3.63) is 66.7 Å². The van der Waals surface area contributed by atoms with Gasteiger partial charge in [-0.3, -0.25) is 9.27 Å². The number of sulfonamides is 1. The Morgan fingerprint density at radius 1 is 0.848 bits per heavy atom. The molecule has 1 aromatic heterocycles. The van der Waals surface area contributed by atoms with Gasteiger partial charge in [0, 0.05) is 22.5 Å². The van der Waals surface area contributed by atoms with Crippen molar-refractivity contribution in [1.29, 1.82) is 0 Å². The maximum absolute atomic E-state index is 11.5. The number of methoxy groups -OCH3 is 1. The van der Waals surface area contributed by atoms with Gasteiger partial charge in [0.2, 0.25) is 10.0 Å². The molecular formula is C22H23N3O6S2. The van der Waals surface area contributed by atoms with Crippen molar-refractivity contribution in [2.24, 2.45) is 0 Å². The minimum atomic E-state index is -3.67. The molecule has 0 fully saturated rings. The monoisotopic (exact) mass is 489 g/mol. The highest BCUT2D eigenvalue weighted by Gasteiger charge is 2.12. The van der Waals surface area contributed by atoms with E-state index in [1.165, 1.54) is 7.11 Å². The molecule has 11 heteroatoms. The Labute approximate surface area is 192 Å². The van der Waals surface area contributed by atoms with Crippen LogP contribution in [0.3, 0.4) is 0 Å². The normalized spacial score (nSPS) is 11.5. The van der Waals surface area contributed by atoms with Gasteiger partial charge in [-0.05, 0) is 24.3 Å². The Morgan fingerprint density at radius 2 is 1.36 bits per heavy atom. The standard InChI is InChI=1S/C21H19N3O3S.CH4O3S/c1-27-20-13-14(11-12-19(20)24-28(2,25)26)22-21-15-7-3-5-9-17(15)23-18-10-6-4-8-16(18)21;1-5(2,3)4/h3-13,24H,1-2H3,(H,22,23);1H3,(H,2,3,4). The molecule has 0 amide bonds. The highest BCUT2D eigenvalue weighted by atomic mass is 32.2. The van der Waals surface area contributed by atoms with Crippen LogP contribution in [0.25, 0.3) is 21.8 Å². The number of aromatic nitrogens is 1. The van der Waals surface area contributed by atoms with Crippen molar-refractivity contribution in [3.8, 4) is 5.75 Å². The van der Waals surface area contributed by atoms with Crippen LogP contribution in [-0.2, 0) is 20.1 Å². The number of pyridine rings is 1. The third-order valence-corrected chi connectivity index (χ3v) is 4.94. The molecule has 0 saturated heterocycles. The summed E-state index contributed by atoms with van der Waals surface area (Å²) in [6.45, 7) is 0. The maximum atomic E-state index is 11.5. The first-order valence-corrected chi connectivity index (χ1v) is 13.3. The summed E-state index contributed by atoms with van der Waals surface area (Å²) in [6, 6.07) is 21.1. The van der Waals surface area contributed by atoms with Crippen LogP contribution in [0.5, 0.6) is 5.75 Å². The van der Waals surface area contributed by atoms with Gasteiger partial charge in [-0.1, -0.05) is 36.4 Å². The number of benzene rings is 3. The smallest absolute Gasteiger partial charge is 0.261 e. The van der Waals surface area contributed by atoms with E-state index in [1.54, 1.807) is 18.2 Å². The maximum Gasteiger partial charge on any atom is 0.261 e. The Balaban J connectivity index is 0.000000555. The summed E-state index contributed by atoms with van der Waals surface area (Å²) in [5, 5.41) is 5.45. The zero-order valence-corrected chi connectivity index (χ0v) is 19.7. The lowest BCUT2D eigenvalue weighted by molar-refractivity contribution is 0.417. The summed E-state index contributed by atoms with van der Waals surface area (Å²) in [6.07, 6.45) is 1.82. The molecule has 3 N–H and O–H groups in total. The van der Waals surface area contributed by atoms with E-state index in [0.717, 1.165) is 39.4 Å². The van der Waals surface area contributed by atoms with E-state index in [4.69, 9.17) is 14.3 Å². The van der Waals surface area contributed by atoms with Gasteiger partial charge in [0.25, 0.3) is 10.1 Å². The van der Waals surface area contributed by atoms with E-state index < -0.39 is 20.1 Å². The fourth-order valence-electron chi connectivity index (χ4n) is 3.17. The van der Waals surface area contributed by atoms with Gasteiger partial charge in [-0.15, -0.1) is 0 Å². The predicted octanol–water partition coefficient (Wildman–Crippen LogP) is 4.02. The number of para-hydroxylation sites is 2. The molecule has 0 aliphatic carbocycles. The Morgan fingerprint density at radius 3 is 1.85 bits per heavy atom. The van der Waals surface area contributed by atoms with E-state index in [9.17, 15) is 16.8 Å². The average Bonchev–Trinajstić information content (AvgIpc) is 2.72. The van der Waals surface area contributed by atoms with Gasteiger partial charge in [-0.25, -0.2) is 13.4 Å². The average molecular weight is 490 g/mol. The van der Waals surface area contributed by atoms with Crippen molar-refractivity contribution in [1.82, 2.24) is 4.98 Å². The van der Waals surface area contributed by atoms with Crippen molar-refractivity contribution in [3.63, 3.8) is 0 Å². The molecule has 174 valence electrons. The molecule has 0 radical (unpaired) electrons. The molecule has 0 aliphatic rings. The number of rotatable bonds is 5. The van der Waals surface area contributed by atoms with Gasteiger partial charge >= 0.3 is 0 Å². The van der Waals surface area contributed by atoms with Crippen LogP contribution in [0.1, 0.15) is 0 Å². The Hall–Kier alpha value is -3.41. The lowest BCUT2D eigenvalue weighted by Crippen LogP contribution is -2.10. The molecule has 9 nitrogen and oxygen atoms in total. The van der Waals surface area contributed by atoms with E-state index in [0.29, 0.717) is 17.7 Å². The first-order valence-electron chi connectivity index (χ1n) is 9.57. The van der Waals surface area contributed by atoms with Crippen LogP contribution in [0.4, 0.5) is 17.1 Å².